The number of morpholine rings is 1. The third-order valence-corrected chi connectivity index (χ3v) is 4.43. The number of rotatable bonds is 5. The van der Waals surface area contributed by atoms with Gasteiger partial charge in [0.1, 0.15) is 16.5 Å². The number of pyridine rings is 1. The molecule has 3 heterocycles. The van der Waals surface area contributed by atoms with Gasteiger partial charge >= 0.3 is 0 Å². The van der Waals surface area contributed by atoms with Crippen LogP contribution in [0.3, 0.4) is 0 Å². The van der Waals surface area contributed by atoms with Crippen LogP contribution in [-0.2, 0) is 17.8 Å². The molecule has 1 fully saturated rings. The van der Waals surface area contributed by atoms with E-state index in [4.69, 9.17) is 10.5 Å². The molecule has 7 nitrogen and oxygen atoms in total. The summed E-state index contributed by atoms with van der Waals surface area (Å²) in [6, 6.07) is 3.95. The van der Waals surface area contributed by atoms with Gasteiger partial charge in [0.05, 0.1) is 13.2 Å². The number of nitrogens with one attached hydrogen (secondary N) is 1. The largest absolute Gasteiger partial charge is 0.378 e. The van der Waals surface area contributed by atoms with Crippen LogP contribution >= 0.6 is 36.2 Å². The smallest absolute Gasteiger partial charge is 0.271 e. The fourth-order valence-corrected chi connectivity index (χ4v) is 2.94. The molecular formula is C15H21Cl2N5O2S. The molecule has 0 aromatic carbocycles. The Morgan fingerprint density at radius 2 is 2.08 bits per heavy atom. The standard InChI is InChI=1S/C15H19N5O2S.2ClH/c16-7-14-19-12(10-23-14)15(21)18-9-11-1-2-13(17-8-11)20-3-5-22-6-4-20;;/h1-2,8,10H,3-7,9,16H2,(H,18,21);2*1H. The van der Waals surface area contributed by atoms with Crippen LogP contribution in [0.15, 0.2) is 23.7 Å². The van der Waals surface area contributed by atoms with Gasteiger partial charge in [0.2, 0.25) is 0 Å². The SMILES string of the molecule is Cl.Cl.NCc1nc(C(=O)NCc2ccc(N3CCOCC3)nc2)cs1. The van der Waals surface area contributed by atoms with E-state index in [0.29, 0.717) is 18.8 Å². The molecule has 3 N–H and O–H groups in total. The number of nitrogens with zero attached hydrogens (tertiary/aromatic N) is 3. The zero-order valence-corrected chi connectivity index (χ0v) is 16.0. The van der Waals surface area contributed by atoms with Crippen LogP contribution in [0.1, 0.15) is 21.1 Å². The summed E-state index contributed by atoms with van der Waals surface area (Å²) >= 11 is 1.39. The van der Waals surface area contributed by atoms with Crippen LogP contribution in [-0.4, -0.2) is 42.2 Å². The molecule has 1 saturated heterocycles. The summed E-state index contributed by atoms with van der Waals surface area (Å²) in [5.41, 5.74) is 6.86. The molecule has 0 unspecified atom stereocenters. The summed E-state index contributed by atoms with van der Waals surface area (Å²) in [7, 11) is 0. The Balaban J connectivity index is 0.00000156. The van der Waals surface area contributed by atoms with Crippen LogP contribution in [0, 0.1) is 0 Å². The summed E-state index contributed by atoms with van der Waals surface area (Å²) < 4.78 is 5.33. The molecule has 0 radical (unpaired) electrons. The molecule has 3 rings (SSSR count). The van der Waals surface area contributed by atoms with Gasteiger partial charge in [0.15, 0.2) is 0 Å². The Hall–Kier alpha value is -1.45. The molecule has 2 aromatic rings. The van der Waals surface area contributed by atoms with Crippen molar-refractivity contribution in [3.05, 3.63) is 40.0 Å². The predicted octanol–water partition coefficient (Wildman–Crippen LogP) is 1.61. The van der Waals surface area contributed by atoms with E-state index in [9.17, 15) is 4.79 Å². The van der Waals surface area contributed by atoms with Crippen molar-refractivity contribution in [2.75, 3.05) is 31.2 Å². The van der Waals surface area contributed by atoms with Crippen molar-refractivity contribution >= 4 is 47.9 Å². The molecule has 25 heavy (non-hydrogen) atoms. The zero-order valence-electron chi connectivity index (χ0n) is 13.5. The number of anilines is 1. The van der Waals surface area contributed by atoms with E-state index >= 15 is 0 Å². The van der Waals surface area contributed by atoms with Crippen LogP contribution in [0.2, 0.25) is 0 Å². The van der Waals surface area contributed by atoms with Gasteiger partial charge in [-0.3, -0.25) is 4.79 Å². The van der Waals surface area contributed by atoms with Crippen molar-refractivity contribution in [1.29, 1.82) is 0 Å². The van der Waals surface area contributed by atoms with Gasteiger partial charge in [0, 0.05) is 37.8 Å². The predicted molar refractivity (Wildman–Crippen MR) is 103 cm³/mol. The van der Waals surface area contributed by atoms with E-state index < -0.39 is 0 Å². The second-order valence-electron chi connectivity index (χ2n) is 5.14. The maximum Gasteiger partial charge on any atom is 0.271 e. The lowest BCUT2D eigenvalue weighted by molar-refractivity contribution is 0.0946. The lowest BCUT2D eigenvalue weighted by Gasteiger charge is -2.27. The van der Waals surface area contributed by atoms with E-state index in [0.717, 1.165) is 42.7 Å². The molecule has 0 saturated carbocycles. The molecule has 0 spiro atoms. The third kappa shape index (κ3) is 5.79. The Morgan fingerprint density at radius 3 is 2.68 bits per heavy atom. The minimum absolute atomic E-state index is 0. The normalized spacial score (nSPS) is 13.6. The molecule has 0 atom stereocenters. The van der Waals surface area contributed by atoms with Crippen molar-refractivity contribution in [1.82, 2.24) is 15.3 Å². The number of hydrogen-bond acceptors (Lipinski definition) is 7. The second kappa shape index (κ2) is 10.5. The number of carbonyl (C=O) groups excluding carboxylic acids is 1. The highest BCUT2D eigenvalue weighted by Crippen LogP contribution is 2.13. The Bertz CT molecular complexity index is 662. The monoisotopic (exact) mass is 405 g/mol. The van der Waals surface area contributed by atoms with Gasteiger partial charge in [-0.1, -0.05) is 6.07 Å². The van der Waals surface area contributed by atoms with E-state index in [2.05, 4.69) is 20.2 Å². The summed E-state index contributed by atoms with van der Waals surface area (Å²) in [6.45, 7) is 3.96. The quantitative estimate of drug-likeness (QED) is 0.784. The molecule has 1 amide bonds. The molecule has 0 aliphatic carbocycles. The van der Waals surface area contributed by atoms with E-state index in [1.165, 1.54) is 11.3 Å². The Labute approximate surface area is 162 Å². The van der Waals surface area contributed by atoms with Crippen molar-refractivity contribution in [2.24, 2.45) is 5.73 Å². The fourth-order valence-electron chi connectivity index (χ4n) is 2.28. The van der Waals surface area contributed by atoms with E-state index in [-0.39, 0.29) is 30.7 Å². The first-order chi connectivity index (χ1) is 11.3. The minimum atomic E-state index is -0.196. The number of carbonyl (C=O) groups is 1. The average Bonchev–Trinajstić information content (AvgIpc) is 3.10. The van der Waals surface area contributed by atoms with Crippen molar-refractivity contribution in [3.63, 3.8) is 0 Å². The summed E-state index contributed by atoms with van der Waals surface area (Å²) in [6.07, 6.45) is 1.79. The van der Waals surface area contributed by atoms with Crippen molar-refractivity contribution in [2.45, 2.75) is 13.1 Å². The minimum Gasteiger partial charge on any atom is -0.378 e. The van der Waals surface area contributed by atoms with Crippen LogP contribution in [0.4, 0.5) is 5.82 Å². The molecule has 138 valence electrons. The average molecular weight is 406 g/mol. The number of hydrogen-bond donors (Lipinski definition) is 2. The Kier molecular flexibility index (Phi) is 9.09. The highest BCUT2D eigenvalue weighted by molar-refractivity contribution is 7.09. The first kappa shape index (κ1) is 21.6. The van der Waals surface area contributed by atoms with Crippen LogP contribution in [0.5, 0.6) is 0 Å². The lowest BCUT2D eigenvalue weighted by Crippen LogP contribution is -2.36. The number of amides is 1. The Morgan fingerprint density at radius 1 is 1.32 bits per heavy atom. The first-order valence-electron chi connectivity index (χ1n) is 7.46. The van der Waals surface area contributed by atoms with Gasteiger partial charge in [-0.25, -0.2) is 9.97 Å². The summed E-state index contributed by atoms with van der Waals surface area (Å²) in [4.78, 5) is 22.8. The molecule has 10 heteroatoms. The third-order valence-electron chi connectivity index (χ3n) is 3.56. The molecule has 2 aromatic heterocycles. The number of thiazole rings is 1. The van der Waals surface area contributed by atoms with Gasteiger partial charge in [0.25, 0.3) is 5.91 Å². The number of halogens is 2. The summed E-state index contributed by atoms with van der Waals surface area (Å²) in [5, 5.41) is 5.32. The summed E-state index contributed by atoms with van der Waals surface area (Å²) in [5.74, 6) is 0.744. The lowest BCUT2D eigenvalue weighted by atomic mass is 10.2. The van der Waals surface area contributed by atoms with Crippen LogP contribution < -0.4 is 16.0 Å². The van der Waals surface area contributed by atoms with E-state index in [1.807, 2.05) is 12.1 Å². The van der Waals surface area contributed by atoms with Gasteiger partial charge in [-0.15, -0.1) is 36.2 Å². The van der Waals surface area contributed by atoms with Gasteiger partial charge in [-0.2, -0.15) is 0 Å². The van der Waals surface area contributed by atoms with Crippen molar-refractivity contribution < 1.29 is 9.53 Å². The number of aromatic nitrogens is 2. The van der Waals surface area contributed by atoms with Crippen molar-refractivity contribution in [3.8, 4) is 0 Å². The van der Waals surface area contributed by atoms with Gasteiger partial charge in [-0.05, 0) is 11.6 Å². The highest BCUT2D eigenvalue weighted by atomic mass is 35.5. The fraction of sp³-hybridized carbons (Fsp3) is 0.400. The second-order valence-corrected chi connectivity index (χ2v) is 6.08. The van der Waals surface area contributed by atoms with E-state index in [1.54, 1.807) is 11.6 Å². The molecular weight excluding hydrogens is 385 g/mol. The maximum atomic E-state index is 12.0. The zero-order chi connectivity index (χ0) is 16.1. The topological polar surface area (TPSA) is 93.4 Å². The number of nitrogens with two attached hydrogens (primary N) is 1. The van der Waals surface area contributed by atoms with Gasteiger partial charge < -0.3 is 20.7 Å². The molecule has 1 aliphatic heterocycles. The highest BCUT2D eigenvalue weighted by Gasteiger charge is 2.13. The molecule has 0 bridgehead atoms. The first-order valence-corrected chi connectivity index (χ1v) is 8.34. The number of ether oxygens (including phenoxy) is 1. The maximum absolute atomic E-state index is 12.0. The van der Waals surface area contributed by atoms with Crippen LogP contribution in [0.25, 0.3) is 0 Å². The molecule has 1 aliphatic rings.